The molecule has 1 aliphatic carbocycles. The van der Waals surface area contributed by atoms with Gasteiger partial charge in [-0.3, -0.25) is 9.59 Å². The molecule has 1 saturated carbocycles. The molecule has 0 aliphatic heterocycles. The van der Waals surface area contributed by atoms with Crippen molar-refractivity contribution in [3.8, 4) is 0 Å². The van der Waals surface area contributed by atoms with Gasteiger partial charge in [-0.25, -0.2) is 0 Å². The van der Waals surface area contributed by atoms with Crippen LogP contribution >= 0.6 is 0 Å². The number of amides is 2. The molecule has 2 N–H and O–H groups in total. The monoisotopic (exact) mass is 378 g/mol. The van der Waals surface area contributed by atoms with E-state index in [9.17, 15) is 9.59 Å². The maximum atomic E-state index is 12.6. The Morgan fingerprint density at radius 2 is 1.39 bits per heavy atom. The van der Waals surface area contributed by atoms with Gasteiger partial charge < -0.3 is 10.6 Å². The summed E-state index contributed by atoms with van der Waals surface area (Å²) < 4.78 is 0. The summed E-state index contributed by atoms with van der Waals surface area (Å²) in [5.74, 6) is -0.0750. The second-order valence-electron chi connectivity index (χ2n) is 9.15. The number of nitrogens with one attached hydrogen (secondary N) is 2. The van der Waals surface area contributed by atoms with Crippen LogP contribution in [0, 0.1) is 10.8 Å². The molecule has 3 rings (SSSR count). The molecule has 2 amide bonds. The SMILES string of the molecule is CC1(C)C[C@H](NC(=O)c2ccccc2)C[C@](C)(CNC(=O)c2ccccc2)C1. The smallest absolute Gasteiger partial charge is 0.251 e. The van der Waals surface area contributed by atoms with Crippen molar-refractivity contribution in [2.75, 3.05) is 6.54 Å². The average Bonchev–Trinajstić information content (AvgIpc) is 2.66. The van der Waals surface area contributed by atoms with Crippen LogP contribution in [0.25, 0.3) is 0 Å². The molecule has 2 atom stereocenters. The lowest BCUT2D eigenvalue weighted by atomic mass is 9.62. The molecular formula is C24H30N2O2. The van der Waals surface area contributed by atoms with Crippen LogP contribution in [0.3, 0.4) is 0 Å². The molecule has 1 fully saturated rings. The van der Waals surface area contributed by atoms with Crippen molar-refractivity contribution < 1.29 is 9.59 Å². The third-order valence-corrected chi connectivity index (χ3v) is 5.53. The fourth-order valence-electron chi connectivity index (χ4n) is 4.71. The molecular weight excluding hydrogens is 348 g/mol. The number of hydrogen-bond donors (Lipinski definition) is 2. The minimum atomic E-state index is -0.0686. The molecule has 0 spiro atoms. The number of carbonyl (C=O) groups excluding carboxylic acids is 2. The van der Waals surface area contributed by atoms with Gasteiger partial charge in [-0.2, -0.15) is 0 Å². The fraction of sp³-hybridized carbons (Fsp3) is 0.417. The first kappa shape index (κ1) is 20.1. The summed E-state index contributed by atoms with van der Waals surface area (Å²) in [4.78, 5) is 25.1. The highest BCUT2D eigenvalue weighted by Gasteiger charge is 2.41. The van der Waals surface area contributed by atoms with E-state index in [4.69, 9.17) is 0 Å². The number of hydrogen-bond acceptors (Lipinski definition) is 2. The standard InChI is InChI=1S/C24H30N2O2/c1-23(2)14-20(26-22(28)19-12-8-5-9-13-19)15-24(3,16-23)17-25-21(27)18-10-6-4-7-11-18/h4-13,20H,14-17H2,1-3H3,(H,25,27)(H,26,28)/t20-,24-/m0/s1. The maximum Gasteiger partial charge on any atom is 0.251 e. The van der Waals surface area contributed by atoms with Gasteiger partial charge in [0.25, 0.3) is 11.8 Å². The molecule has 4 nitrogen and oxygen atoms in total. The first-order valence-electron chi connectivity index (χ1n) is 9.96. The normalized spacial score (nSPS) is 23.6. The lowest BCUT2D eigenvalue weighted by Gasteiger charge is -2.47. The third-order valence-electron chi connectivity index (χ3n) is 5.53. The van der Waals surface area contributed by atoms with Gasteiger partial charge in [0.2, 0.25) is 0 Å². The quantitative estimate of drug-likeness (QED) is 0.808. The zero-order valence-electron chi connectivity index (χ0n) is 17.0. The number of benzene rings is 2. The largest absolute Gasteiger partial charge is 0.351 e. The molecule has 0 aromatic heterocycles. The van der Waals surface area contributed by atoms with Crippen molar-refractivity contribution in [1.82, 2.24) is 10.6 Å². The summed E-state index contributed by atoms with van der Waals surface area (Å²) in [6.45, 7) is 7.29. The Bertz CT molecular complexity index is 817. The Kier molecular flexibility index (Phi) is 5.87. The van der Waals surface area contributed by atoms with Crippen LogP contribution < -0.4 is 10.6 Å². The Labute approximate surface area is 167 Å². The van der Waals surface area contributed by atoms with E-state index in [1.165, 1.54) is 0 Å². The first-order valence-corrected chi connectivity index (χ1v) is 9.96. The number of rotatable bonds is 5. The predicted molar refractivity (Wildman–Crippen MR) is 112 cm³/mol. The van der Waals surface area contributed by atoms with Gasteiger partial charge in [-0.1, -0.05) is 57.2 Å². The zero-order valence-corrected chi connectivity index (χ0v) is 17.0. The average molecular weight is 379 g/mol. The van der Waals surface area contributed by atoms with Crippen LogP contribution in [0.15, 0.2) is 60.7 Å². The van der Waals surface area contributed by atoms with Crippen molar-refractivity contribution in [3.63, 3.8) is 0 Å². The van der Waals surface area contributed by atoms with E-state index >= 15 is 0 Å². The lowest BCUT2D eigenvalue weighted by molar-refractivity contribution is 0.0592. The van der Waals surface area contributed by atoms with Crippen LogP contribution in [-0.4, -0.2) is 24.4 Å². The molecule has 148 valence electrons. The van der Waals surface area contributed by atoms with E-state index in [1.54, 1.807) is 0 Å². The van der Waals surface area contributed by atoms with Gasteiger partial charge >= 0.3 is 0 Å². The Hall–Kier alpha value is -2.62. The summed E-state index contributed by atoms with van der Waals surface area (Å²) in [5, 5.41) is 6.31. The van der Waals surface area contributed by atoms with Gasteiger partial charge in [-0.05, 0) is 54.4 Å². The van der Waals surface area contributed by atoms with Crippen molar-refractivity contribution in [2.45, 2.75) is 46.1 Å². The van der Waals surface area contributed by atoms with Crippen molar-refractivity contribution in [1.29, 1.82) is 0 Å². The topological polar surface area (TPSA) is 58.2 Å². The summed E-state index contributed by atoms with van der Waals surface area (Å²) in [6, 6.07) is 18.7. The van der Waals surface area contributed by atoms with Gasteiger partial charge in [0, 0.05) is 23.7 Å². The molecule has 28 heavy (non-hydrogen) atoms. The van der Waals surface area contributed by atoms with Crippen LogP contribution in [0.5, 0.6) is 0 Å². The molecule has 1 aliphatic rings. The van der Waals surface area contributed by atoms with Crippen LogP contribution in [0.1, 0.15) is 60.7 Å². The summed E-state index contributed by atoms with van der Waals surface area (Å²) >= 11 is 0. The summed E-state index contributed by atoms with van der Waals surface area (Å²) in [5.41, 5.74) is 1.39. The molecule has 0 saturated heterocycles. The van der Waals surface area contributed by atoms with Crippen LogP contribution in [0.2, 0.25) is 0 Å². The summed E-state index contributed by atoms with van der Waals surface area (Å²) in [7, 11) is 0. The molecule has 0 unspecified atom stereocenters. The van der Waals surface area contributed by atoms with E-state index in [2.05, 4.69) is 31.4 Å². The minimum Gasteiger partial charge on any atom is -0.351 e. The first-order chi connectivity index (χ1) is 13.3. The Morgan fingerprint density at radius 3 is 1.96 bits per heavy atom. The predicted octanol–water partition coefficient (Wildman–Crippen LogP) is 4.43. The third kappa shape index (κ3) is 5.22. The molecule has 0 heterocycles. The van der Waals surface area contributed by atoms with Crippen molar-refractivity contribution in [2.24, 2.45) is 10.8 Å². The maximum absolute atomic E-state index is 12.6. The molecule has 0 radical (unpaired) electrons. The lowest BCUT2D eigenvalue weighted by Crippen LogP contribution is -2.50. The fourth-order valence-corrected chi connectivity index (χ4v) is 4.71. The molecule has 2 aromatic carbocycles. The van der Waals surface area contributed by atoms with Crippen molar-refractivity contribution >= 4 is 11.8 Å². The van der Waals surface area contributed by atoms with E-state index < -0.39 is 0 Å². The Morgan fingerprint density at radius 1 is 0.857 bits per heavy atom. The molecule has 4 heteroatoms. The van der Waals surface area contributed by atoms with Crippen LogP contribution in [0.4, 0.5) is 0 Å². The van der Waals surface area contributed by atoms with Crippen LogP contribution in [-0.2, 0) is 0 Å². The van der Waals surface area contributed by atoms with Gasteiger partial charge in [-0.15, -0.1) is 0 Å². The van der Waals surface area contributed by atoms with Gasteiger partial charge in [0.05, 0.1) is 0 Å². The second-order valence-corrected chi connectivity index (χ2v) is 9.15. The van der Waals surface area contributed by atoms with E-state index in [0.29, 0.717) is 17.7 Å². The Balaban J connectivity index is 1.65. The van der Waals surface area contributed by atoms with Gasteiger partial charge in [0.15, 0.2) is 0 Å². The number of carbonyl (C=O) groups is 2. The highest BCUT2D eigenvalue weighted by atomic mass is 16.2. The van der Waals surface area contributed by atoms with Gasteiger partial charge in [0.1, 0.15) is 0 Å². The molecule has 2 aromatic rings. The zero-order chi connectivity index (χ0) is 20.2. The highest BCUT2D eigenvalue weighted by Crippen LogP contribution is 2.45. The summed E-state index contributed by atoms with van der Waals surface area (Å²) in [6.07, 6.45) is 2.80. The van der Waals surface area contributed by atoms with Crippen molar-refractivity contribution in [3.05, 3.63) is 71.8 Å². The second kappa shape index (κ2) is 8.17. The van der Waals surface area contributed by atoms with E-state index in [1.807, 2.05) is 60.7 Å². The van der Waals surface area contributed by atoms with E-state index in [-0.39, 0.29) is 28.7 Å². The molecule has 0 bridgehead atoms. The highest BCUT2D eigenvalue weighted by molar-refractivity contribution is 5.94. The van der Waals surface area contributed by atoms with E-state index in [0.717, 1.165) is 19.3 Å². The minimum absolute atomic E-state index is 0.0287.